The highest BCUT2D eigenvalue weighted by Crippen LogP contribution is 2.48. The fourth-order valence-electron chi connectivity index (χ4n) is 4.27. The predicted molar refractivity (Wildman–Crippen MR) is 137 cm³/mol. The van der Waals surface area contributed by atoms with Gasteiger partial charge in [-0.25, -0.2) is 0 Å². The summed E-state index contributed by atoms with van der Waals surface area (Å²) in [5.41, 5.74) is 5.07. The largest absolute Gasteiger partial charge is 0.497 e. The molecule has 5 heteroatoms. The van der Waals surface area contributed by atoms with Crippen LogP contribution in [0.4, 0.5) is 0 Å². The molecule has 1 amide bonds. The summed E-state index contributed by atoms with van der Waals surface area (Å²) in [6.45, 7) is 8.39. The molecule has 34 heavy (non-hydrogen) atoms. The molecule has 0 bridgehead atoms. The zero-order valence-electron chi connectivity index (χ0n) is 20.8. The molecular weight excluding hydrogens is 422 g/mol. The SMILES string of the molecule is CC#Cc1cc(C2(NC(=O)c3cc(OC)ccc3C)CC2)c2ccc(C)nc2c1.CN1CCC1. The first-order valence-electron chi connectivity index (χ1n) is 11.9. The lowest BCUT2D eigenvalue weighted by molar-refractivity contribution is 0.0930. The van der Waals surface area contributed by atoms with Crippen LogP contribution in [0.2, 0.25) is 0 Å². The van der Waals surface area contributed by atoms with Crippen LogP contribution in [0.3, 0.4) is 0 Å². The number of methoxy groups -OCH3 is 1. The number of ether oxygens (including phenoxy) is 1. The summed E-state index contributed by atoms with van der Waals surface area (Å²) < 4.78 is 5.30. The first-order valence-corrected chi connectivity index (χ1v) is 11.9. The lowest BCUT2D eigenvalue weighted by Crippen LogP contribution is -2.35. The molecule has 2 fully saturated rings. The number of fused-ring (bicyclic) bond motifs is 1. The Bertz CT molecular complexity index is 1280. The molecule has 0 spiro atoms. The molecule has 2 heterocycles. The summed E-state index contributed by atoms with van der Waals surface area (Å²) in [4.78, 5) is 20.2. The lowest BCUT2D eigenvalue weighted by atomic mass is 9.95. The van der Waals surface area contributed by atoms with Gasteiger partial charge in [0, 0.05) is 22.2 Å². The quantitative estimate of drug-likeness (QED) is 0.564. The van der Waals surface area contributed by atoms with Crippen molar-refractivity contribution in [3.63, 3.8) is 0 Å². The van der Waals surface area contributed by atoms with Crippen molar-refractivity contribution >= 4 is 16.8 Å². The second-order valence-electron chi connectivity index (χ2n) is 9.29. The topological polar surface area (TPSA) is 54.5 Å². The number of carbonyl (C=O) groups excluding carboxylic acids is 1. The molecule has 0 atom stereocenters. The lowest BCUT2D eigenvalue weighted by Gasteiger charge is -2.24. The summed E-state index contributed by atoms with van der Waals surface area (Å²) in [5, 5.41) is 4.36. The summed E-state index contributed by atoms with van der Waals surface area (Å²) in [6.07, 6.45) is 3.21. The molecule has 2 aromatic carbocycles. The van der Waals surface area contributed by atoms with E-state index in [-0.39, 0.29) is 11.4 Å². The van der Waals surface area contributed by atoms with E-state index in [9.17, 15) is 4.79 Å². The maximum absolute atomic E-state index is 13.2. The van der Waals surface area contributed by atoms with Crippen LogP contribution in [0.1, 0.15) is 58.9 Å². The standard InChI is InChI=1S/C25H24N2O2.C4H9N/c1-5-6-18-13-22(20-10-8-17(3)26-23(20)14-18)25(11-12-25)27-24(28)21-15-19(29-4)9-7-16(21)2;1-5-3-2-4-5/h7-10,13-15H,11-12H2,1-4H3,(H,27,28);2-4H2,1H3. The van der Waals surface area contributed by atoms with Crippen molar-refractivity contribution < 1.29 is 9.53 Å². The van der Waals surface area contributed by atoms with Crippen LogP contribution in [0.25, 0.3) is 10.9 Å². The molecule has 1 aliphatic heterocycles. The molecule has 1 saturated heterocycles. The Morgan fingerprint density at radius 2 is 1.85 bits per heavy atom. The number of benzene rings is 2. The number of amides is 1. The second-order valence-corrected chi connectivity index (χ2v) is 9.29. The summed E-state index contributed by atoms with van der Waals surface area (Å²) >= 11 is 0. The number of rotatable bonds is 4. The Labute approximate surface area is 202 Å². The Morgan fingerprint density at radius 3 is 2.44 bits per heavy atom. The highest BCUT2D eigenvalue weighted by Gasteiger charge is 2.47. The Hall–Kier alpha value is -3.36. The third-order valence-corrected chi connectivity index (χ3v) is 6.60. The smallest absolute Gasteiger partial charge is 0.252 e. The minimum Gasteiger partial charge on any atom is -0.497 e. The van der Waals surface area contributed by atoms with Gasteiger partial charge < -0.3 is 15.0 Å². The molecular formula is C29H33N3O2. The van der Waals surface area contributed by atoms with Crippen LogP contribution in [0.15, 0.2) is 42.5 Å². The van der Waals surface area contributed by atoms with Crippen LogP contribution in [0, 0.1) is 25.7 Å². The number of nitrogens with one attached hydrogen (secondary N) is 1. The number of carbonyl (C=O) groups is 1. The fraction of sp³-hybridized carbons (Fsp3) is 0.379. The third-order valence-electron chi connectivity index (χ3n) is 6.60. The number of aromatic nitrogens is 1. The highest BCUT2D eigenvalue weighted by molar-refractivity contribution is 5.97. The van der Waals surface area contributed by atoms with Gasteiger partial charge in [0.15, 0.2) is 0 Å². The molecule has 1 aliphatic carbocycles. The first kappa shape index (κ1) is 23.8. The number of aryl methyl sites for hydroxylation is 2. The molecule has 5 nitrogen and oxygen atoms in total. The average molecular weight is 456 g/mol. The molecule has 0 radical (unpaired) electrons. The van der Waals surface area contributed by atoms with E-state index in [1.807, 2.05) is 45.0 Å². The van der Waals surface area contributed by atoms with Gasteiger partial charge in [-0.3, -0.25) is 9.78 Å². The van der Waals surface area contributed by atoms with Crippen molar-refractivity contribution in [3.8, 4) is 17.6 Å². The van der Waals surface area contributed by atoms with Gasteiger partial charge in [0.25, 0.3) is 5.91 Å². The number of hydrogen-bond donors (Lipinski definition) is 1. The monoisotopic (exact) mass is 455 g/mol. The molecule has 176 valence electrons. The van der Waals surface area contributed by atoms with Gasteiger partial charge in [0.05, 0.1) is 18.2 Å². The Kier molecular flexibility index (Phi) is 6.90. The van der Waals surface area contributed by atoms with Crippen molar-refractivity contribution in [3.05, 3.63) is 70.4 Å². The van der Waals surface area contributed by atoms with Crippen LogP contribution in [-0.4, -0.2) is 43.0 Å². The second kappa shape index (κ2) is 9.87. The van der Waals surface area contributed by atoms with Gasteiger partial charge in [-0.1, -0.05) is 18.1 Å². The molecule has 1 N–H and O–H groups in total. The van der Waals surface area contributed by atoms with Crippen LogP contribution < -0.4 is 10.1 Å². The summed E-state index contributed by atoms with van der Waals surface area (Å²) in [7, 11) is 3.75. The summed E-state index contributed by atoms with van der Waals surface area (Å²) in [5.74, 6) is 6.71. The van der Waals surface area contributed by atoms with Gasteiger partial charge in [-0.05, 0) is 102 Å². The van der Waals surface area contributed by atoms with Crippen molar-refractivity contribution in [2.45, 2.75) is 45.6 Å². The number of hydrogen-bond acceptors (Lipinski definition) is 4. The van der Waals surface area contributed by atoms with E-state index < -0.39 is 0 Å². The fourth-order valence-corrected chi connectivity index (χ4v) is 4.27. The van der Waals surface area contributed by atoms with E-state index in [1.165, 1.54) is 19.5 Å². The Morgan fingerprint density at radius 1 is 1.12 bits per heavy atom. The van der Waals surface area contributed by atoms with Crippen LogP contribution in [-0.2, 0) is 5.54 Å². The Balaban J connectivity index is 0.000000486. The van der Waals surface area contributed by atoms with Crippen molar-refractivity contribution in [2.75, 3.05) is 27.2 Å². The maximum Gasteiger partial charge on any atom is 0.252 e. The van der Waals surface area contributed by atoms with E-state index in [4.69, 9.17) is 9.72 Å². The average Bonchev–Trinajstić information content (AvgIpc) is 3.58. The van der Waals surface area contributed by atoms with Crippen LogP contribution >= 0.6 is 0 Å². The predicted octanol–water partition coefficient (Wildman–Crippen LogP) is 4.97. The van der Waals surface area contributed by atoms with Gasteiger partial charge in [-0.15, -0.1) is 5.92 Å². The van der Waals surface area contributed by atoms with Crippen molar-refractivity contribution in [2.24, 2.45) is 0 Å². The van der Waals surface area contributed by atoms with Crippen LogP contribution in [0.5, 0.6) is 5.75 Å². The van der Waals surface area contributed by atoms with Gasteiger partial charge in [-0.2, -0.15) is 0 Å². The molecule has 5 rings (SSSR count). The minimum absolute atomic E-state index is 0.0842. The van der Waals surface area contributed by atoms with Gasteiger partial charge in [0.1, 0.15) is 5.75 Å². The van der Waals surface area contributed by atoms with E-state index in [0.717, 1.165) is 46.1 Å². The first-order chi connectivity index (χ1) is 16.3. The van der Waals surface area contributed by atoms with Crippen molar-refractivity contribution in [1.29, 1.82) is 0 Å². The maximum atomic E-state index is 13.2. The molecule has 1 aromatic heterocycles. The molecule has 0 unspecified atom stereocenters. The molecule has 3 aromatic rings. The zero-order valence-corrected chi connectivity index (χ0v) is 20.8. The highest BCUT2D eigenvalue weighted by atomic mass is 16.5. The van der Waals surface area contributed by atoms with E-state index in [1.54, 1.807) is 13.2 Å². The number of nitrogens with zero attached hydrogens (tertiary/aromatic N) is 2. The third kappa shape index (κ3) is 5.08. The van der Waals surface area contributed by atoms with Gasteiger partial charge >= 0.3 is 0 Å². The van der Waals surface area contributed by atoms with E-state index >= 15 is 0 Å². The van der Waals surface area contributed by atoms with E-state index in [0.29, 0.717) is 11.3 Å². The zero-order chi connectivity index (χ0) is 24.3. The molecule has 1 saturated carbocycles. The molecule has 2 aliphatic rings. The minimum atomic E-state index is -0.382. The normalized spacial score (nSPS) is 15.8. The van der Waals surface area contributed by atoms with Gasteiger partial charge in [0.2, 0.25) is 0 Å². The van der Waals surface area contributed by atoms with Crippen molar-refractivity contribution in [1.82, 2.24) is 15.2 Å². The summed E-state index contributed by atoms with van der Waals surface area (Å²) in [6, 6.07) is 13.8. The number of likely N-dealkylation sites (tertiary alicyclic amines) is 1. The van der Waals surface area contributed by atoms with E-state index in [2.05, 4.69) is 41.2 Å². The number of pyridine rings is 1.